The van der Waals surface area contributed by atoms with Crippen molar-refractivity contribution in [3.63, 3.8) is 0 Å². The number of nitrogens with zero attached hydrogens (tertiary/aromatic N) is 6. The summed E-state index contributed by atoms with van der Waals surface area (Å²) in [7, 11) is 0. The summed E-state index contributed by atoms with van der Waals surface area (Å²) in [5.74, 6) is -0.798. The van der Waals surface area contributed by atoms with Gasteiger partial charge < -0.3 is 10.2 Å². The Balaban J connectivity index is 1.23. The van der Waals surface area contributed by atoms with Crippen molar-refractivity contribution in [3.8, 4) is 11.3 Å². The summed E-state index contributed by atoms with van der Waals surface area (Å²) >= 11 is 0. The van der Waals surface area contributed by atoms with Gasteiger partial charge in [0.2, 0.25) is 5.91 Å². The number of carbonyl (C=O) groups is 2. The highest BCUT2D eigenvalue weighted by Gasteiger charge is 2.30. The summed E-state index contributed by atoms with van der Waals surface area (Å²) in [5, 5.41) is 8.49. The van der Waals surface area contributed by atoms with Crippen LogP contribution >= 0.6 is 0 Å². The Bertz CT molecular complexity index is 1760. The zero-order valence-corrected chi connectivity index (χ0v) is 22.9. The van der Waals surface area contributed by atoms with E-state index in [4.69, 9.17) is 0 Å². The zero-order chi connectivity index (χ0) is 28.5. The number of fused-ring (bicyclic) bond motifs is 2. The van der Waals surface area contributed by atoms with Crippen LogP contribution in [0.2, 0.25) is 0 Å². The number of hydrogen-bond acceptors (Lipinski definition) is 6. The second kappa shape index (κ2) is 11.0. The molecule has 2 amide bonds. The smallest absolute Gasteiger partial charge is 0.254 e. The van der Waals surface area contributed by atoms with Gasteiger partial charge in [0.15, 0.2) is 0 Å². The van der Waals surface area contributed by atoms with Gasteiger partial charge >= 0.3 is 0 Å². The molecule has 1 N–H and O–H groups in total. The number of carbonyl (C=O) groups excluding carboxylic acids is 2. The van der Waals surface area contributed by atoms with Crippen LogP contribution in [0.4, 0.5) is 4.39 Å². The molecule has 0 saturated carbocycles. The van der Waals surface area contributed by atoms with Gasteiger partial charge in [-0.05, 0) is 54.7 Å². The second-order valence-corrected chi connectivity index (χ2v) is 10.8. The SMILES string of the molecule is CC(C)CC(NC(=O)c1ccc(-c2cnc3ncc(Cc4ccc5ncccc5c4)n3n2)cc1F)C(=O)N1CCC1. The van der Waals surface area contributed by atoms with Crippen molar-refractivity contribution in [1.82, 2.24) is 34.8 Å². The molecule has 41 heavy (non-hydrogen) atoms. The molecule has 1 aliphatic heterocycles. The molecule has 0 bridgehead atoms. The molecule has 1 atom stereocenters. The largest absolute Gasteiger partial charge is 0.341 e. The van der Waals surface area contributed by atoms with Crippen LogP contribution in [0.3, 0.4) is 0 Å². The predicted octanol–water partition coefficient (Wildman–Crippen LogP) is 4.45. The standard InChI is InChI=1S/C31H30FN7O2/c1-19(2)13-27(30(41)38-11-4-12-38)36-29(40)24-8-7-22(16-25(24)32)28-18-35-31-34-17-23(39(31)37-28)15-20-6-9-26-21(14-20)5-3-10-33-26/h3,5-10,14,16-19,27H,4,11-13,15H2,1-2H3,(H,36,40). The molecule has 4 heterocycles. The van der Waals surface area contributed by atoms with E-state index in [1.807, 2.05) is 38.1 Å². The van der Waals surface area contributed by atoms with Crippen molar-refractivity contribution in [2.45, 2.75) is 39.2 Å². The predicted molar refractivity (Wildman–Crippen MR) is 153 cm³/mol. The van der Waals surface area contributed by atoms with Crippen molar-refractivity contribution >= 4 is 28.5 Å². The quantitative estimate of drug-likeness (QED) is 0.306. The van der Waals surface area contributed by atoms with Gasteiger partial charge in [-0.2, -0.15) is 5.10 Å². The number of rotatable bonds is 8. The molecule has 10 heteroatoms. The van der Waals surface area contributed by atoms with Crippen molar-refractivity contribution in [2.75, 3.05) is 13.1 Å². The molecule has 1 saturated heterocycles. The highest BCUT2D eigenvalue weighted by Crippen LogP contribution is 2.22. The third-order valence-electron chi connectivity index (χ3n) is 7.34. The highest BCUT2D eigenvalue weighted by molar-refractivity contribution is 5.98. The monoisotopic (exact) mass is 551 g/mol. The van der Waals surface area contributed by atoms with Crippen molar-refractivity contribution in [2.24, 2.45) is 5.92 Å². The van der Waals surface area contributed by atoms with Crippen molar-refractivity contribution < 1.29 is 14.0 Å². The fourth-order valence-corrected chi connectivity index (χ4v) is 5.06. The van der Waals surface area contributed by atoms with E-state index in [1.54, 1.807) is 27.9 Å². The Morgan fingerprint density at radius 1 is 1.02 bits per heavy atom. The first-order valence-electron chi connectivity index (χ1n) is 13.8. The van der Waals surface area contributed by atoms with Crippen LogP contribution in [0, 0.1) is 11.7 Å². The average molecular weight is 552 g/mol. The number of imidazole rings is 1. The first kappa shape index (κ1) is 26.5. The van der Waals surface area contributed by atoms with E-state index in [0.29, 0.717) is 43.0 Å². The number of pyridine rings is 1. The number of likely N-dealkylation sites (tertiary alicyclic amines) is 1. The van der Waals surface area contributed by atoms with Gasteiger partial charge in [-0.1, -0.05) is 32.0 Å². The number of hydrogen-bond donors (Lipinski definition) is 1. The lowest BCUT2D eigenvalue weighted by molar-refractivity contribution is -0.137. The lowest BCUT2D eigenvalue weighted by Crippen LogP contribution is -2.53. The van der Waals surface area contributed by atoms with Gasteiger partial charge in [0.1, 0.15) is 17.6 Å². The van der Waals surface area contributed by atoms with E-state index in [-0.39, 0.29) is 17.4 Å². The van der Waals surface area contributed by atoms with Gasteiger partial charge in [0.25, 0.3) is 11.7 Å². The van der Waals surface area contributed by atoms with Crippen LogP contribution < -0.4 is 5.32 Å². The van der Waals surface area contributed by atoms with Gasteiger partial charge in [-0.15, -0.1) is 0 Å². The minimum atomic E-state index is -0.697. The van der Waals surface area contributed by atoms with Gasteiger partial charge in [-0.3, -0.25) is 14.6 Å². The number of nitrogens with one attached hydrogen (secondary N) is 1. The first-order chi connectivity index (χ1) is 19.9. The molecule has 0 spiro atoms. The average Bonchev–Trinajstić information content (AvgIpc) is 3.33. The van der Waals surface area contributed by atoms with Crippen LogP contribution in [-0.2, 0) is 11.2 Å². The Hall–Kier alpha value is -4.73. The summed E-state index contributed by atoms with van der Waals surface area (Å²) in [6.45, 7) is 5.35. The minimum Gasteiger partial charge on any atom is -0.341 e. The van der Waals surface area contributed by atoms with Crippen molar-refractivity contribution in [1.29, 1.82) is 0 Å². The van der Waals surface area contributed by atoms with E-state index in [2.05, 4.69) is 31.4 Å². The van der Waals surface area contributed by atoms with E-state index >= 15 is 4.39 Å². The van der Waals surface area contributed by atoms with Crippen LogP contribution in [0.15, 0.2) is 67.1 Å². The first-order valence-corrected chi connectivity index (χ1v) is 13.8. The van der Waals surface area contributed by atoms with Crippen LogP contribution in [0.1, 0.15) is 48.3 Å². The molecule has 0 aliphatic carbocycles. The minimum absolute atomic E-state index is 0.115. The zero-order valence-electron chi connectivity index (χ0n) is 22.9. The molecule has 3 aromatic heterocycles. The Labute approximate surface area is 236 Å². The topological polar surface area (TPSA) is 105 Å². The van der Waals surface area contributed by atoms with Gasteiger partial charge in [-0.25, -0.2) is 18.9 Å². The molecule has 6 rings (SSSR count). The Morgan fingerprint density at radius 3 is 2.61 bits per heavy atom. The summed E-state index contributed by atoms with van der Waals surface area (Å²) < 4.78 is 16.9. The van der Waals surface area contributed by atoms with E-state index in [1.165, 1.54) is 18.3 Å². The number of benzene rings is 2. The Morgan fingerprint density at radius 2 is 1.85 bits per heavy atom. The molecule has 0 radical (unpaired) electrons. The second-order valence-electron chi connectivity index (χ2n) is 10.8. The summed E-state index contributed by atoms with van der Waals surface area (Å²) in [6, 6.07) is 13.7. The molecule has 9 nitrogen and oxygen atoms in total. The third kappa shape index (κ3) is 5.50. The molecule has 208 valence electrons. The van der Waals surface area contributed by atoms with Gasteiger partial charge in [0, 0.05) is 36.7 Å². The van der Waals surface area contributed by atoms with E-state index in [0.717, 1.165) is 28.6 Å². The maximum Gasteiger partial charge on any atom is 0.254 e. The molecule has 2 aromatic carbocycles. The van der Waals surface area contributed by atoms with E-state index < -0.39 is 17.8 Å². The summed E-state index contributed by atoms with van der Waals surface area (Å²) in [4.78, 5) is 40.7. The molecular weight excluding hydrogens is 521 g/mol. The maximum absolute atomic E-state index is 15.3. The molecule has 1 unspecified atom stereocenters. The fraction of sp³-hybridized carbons (Fsp3) is 0.290. The molecule has 5 aromatic rings. The van der Waals surface area contributed by atoms with E-state index in [9.17, 15) is 9.59 Å². The maximum atomic E-state index is 15.3. The van der Waals surface area contributed by atoms with Crippen LogP contribution in [-0.4, -0.2) is 60.4 Å². The van der Waals surface area contributed by atoms with Gasteiger partial charge in [0.05, 0.1) is 29.2 Å². The number of amides is 2. The normalized spacial score (nSPS) is 13.9. The van der Waals surface area contributed by atoms with Crippen LogP contribution in [0.5, 0.6) is 0 Å². The number of halogens is 1. The van der Waals surface area contributed by atoms with Crippen molar-refractivity contribution in [3.05, 3.63) is 89.8 Å². The van der Waals surface area contributed by atoms with Crippen LogP contribution in [0.25, 0.3) is 27.9 Å². The Kier molecular flexibility index (Phi) is 7.13. The third-order valence-corrected chi connectivity index (χ3v) is 7.34. The summed E-state index contributed by atoms with van der Waals surface area (Å²) in [5.41, 5.74) is 3.62. The lowest BCUT2D eigenvalue weighted by Gasteiger charge is -2.34. The lowest BCUT2D eigenvalue weighted by atomic mass is 10.0. The molecule has 1 fully saturated rings. The summed E-state index contributed by atoms with van der Waals surface area (Å²) in [6.07, 6.45) is 7.05. The molecule has 1 aliphatic rings. The highest BCUT2D eigenvalue weighted by atomic mass is 19.1. The number of aromatic nitrogens is 5. The molecular formula is C31H30FN7O2. The fourth-order valence-electron chi connectivity index (χ4n) is 5.06.